The van der Waals surface area contributed by atoms with Crippen molar-refractivity contribution in [1.29, 1.82) is 0 Å². The first-order valence-corrected chi connectivity index (χ1v) is 13.4. The monoisotopic (exact) mass is 486 g/mol. The van der Waals surface area contributed by atoms with Crippen LogP contribution in [0.15, 0.2) is 56.9 Å². The maximum atomic E-state index is 14.1. The molecule has 0 radical (unpaired) electrons. The molecule has 0 amide bonds. The Bertz CT molecular complexity index is 1170. The molecule has 1 fully saturated rings. The minimum absolute atomic E-state index is 0.0633. The van der Waals surface area contributed by atoms with Crippen LogP contribution in [0.25, 0.3) is 0 Å². The molecule has 0 N–H and O–H groups in total. The molecule has 7 heteroatoms. The van der Waals surface area contributed by atoms with Gasteiger partial charge in [-0.1, -0.05) is 51.0 Å². The third kappa shape index (κ3) is 3.38. The topological polar surface area (TPSA) is 86.7 Å². The van der Waals surface area contributed by atoms with Crippen LogP contribution in [0, 0.1) is 28.6 Å². The minimum Gasteiger partial charge on any atom is -0.468 e. The van der Waals surface area contributed by atoms with E-state index in [0.29, 0.717) is 5.92 Å². The van der Waals surface area contributed by atoms with E-state index in [-0.39, 0.29) is 39.9 Å². The number of rotatable bonds is 6. The molecule has 0 aliphatic heterocycles. The average molecular weight is 487 g/mol. The predicted octanol–water partition coefficient (Wildman–Crippen LogP) is 4.86. The fraction of sp³-hybridized carbons (Fsp3) is 0.556. The Morgan fingerprint density at radius 2 is 1.62 bits per heavy atom. The summed E-state index contributed by atoms with van der Waals surface area (Å²) in [6, 6.07) is 8.24. The fourth-order valence-corrected chi connectivity index (χ4v) is 8.41. The lowest BCUT2D eigenvalue weighted by Gasteiger charge is -2.40. The quantitative estimate of drug-likeness (QED) is 0.422. The van der Waals surface area contributed by atoms with E-state index in [1.165, 1.54) is 14.2 Å². The third-order valence-electron chi connectivity index (χ3n) is 8.38. The van der Waals surface area contributed by atoms with Crippen LogP contribution in [0.2, 0.25) is 0 Å². The molecule has 1 aromatic carbocycles. The van der Waals surface area contributed by atoms with Gasteiger partial charge in [0.15, 0.2) is 5.41 Å². The van der Waals surface area contributed by atoms with E-state index >= 15 is 0 Å². The molecule has 0 unspecified atom stereocenters. The zero-order chi connectivity index (χ0) is 25.1. The van der Waals surface area contributed by atoms with Crippen molar-refractivity contribution in [3.05, 3.63) is 52.0 Å². The highest BCUT2D eigenvalue weighted by Crippen LogP contribution is 2.73. The number of hydrogen-bond acceptors (Lipinski definition) is 6. The number of sulfone groups is 1. The molecule has 3 aliphatic carbocycles. The number of methoxy groups -OCH3 is 2. The molecule has 6 nitrogen and oxygen atoms in total. The molecular formula is C27H34O6S. The molecule has 0 aromatic heterocycles. The number of benzene rings is 1. The van der Waals surface area contributed by atoms with Crippen LogP contribution in [0.1, 0.15) is 53.4 Å². The van der Waals surface area contributed by atoms with E-state index in [4.69, 9.17) is 9.47 Å². The summed E-state index contributed by atoms with van der Waals surface area (Å²) >= 11 is 0. The zero-order valence-corrected chi connectivity index (χ0v) is 21.6. The van der Waals surface area contributed by atoms with Crippen molar-refractivity contribution in [2.75, 3.05) is 14.2 Å². The summed E-state index contributed by atoms with van der Waals surface area (Å²) in [6.45, 7) is 8.58. The largest absolute Gasteiger partial charge is 0.468 e. The molecule has 3 atom stereocenters. The Kier molecular flexibility index (Phi) is 6.08. The maximum absolute atomic E-state index is 14.1. The molecule has 1 saturated carbocycles. The smallest absolute Gasteiger partial charge is 0.323 e. The van der Waals surface area contributed by atoms with Gasteiger partial charge in [-0.3, -0.25) is 9.59 Å². The summed E-state index contributed by atoms with van der Waals surface area (Å²) in [5.41, 5.74) is 0.922. The van der Waals surface area contributed by atoms with Crippen molar-refractivity contribution in [1.82, 2.24) is 0 Å². The van der Waals surface area contributed by atoms with Crippen LogP contribution < -0.4 is 0 Å². The van der Waals surface area contributed by atoms with Gasteiger partial charge in [0.1, 0.15) is 0 Å². The molecular weight excluding hydrogens is 452 g/mol. The number of esters is 2. The van der Waals surface area contributed by atoms with Crippen LogP contribution in [0.3, 0.4) is 0 Å². The van der Waals surface area contributed by atoms with Gasteiger partial charge in [-0.05, 0) is 66.2 Å². The van der Waals surface area contributed by atoms with Gasteiger partial charge in [-0.15, -0.1) is 0 Å². The minimum atomic E-state index is -3.97. The molecule has 3 aliphatic rings. The number of fused-ring (bicyclic) bond motifs is 3. The second-order valence-corrected chi connectivity index (χ2v) is 12.4. The number of allylic oxidation sites excluding steroid dienone is 4. The Balaban J connectivity index is 2.05. The van der Waals surface area contributed by atoms with E-state index < -0.39 is 27.2 Å². The lowest BCUT2D eigenvalue weighted by atomic mass is 9.66. The Hall–Kier alpha value is -2.41. The normalized spacial score (nSPS) is 26.9. The first-order valence-electron chi connectivity index (χ1n) is 11.9. The molecule has 4 rings (SSSR count). The number of carbonyl (C=O) groups excluding carboxylic acids is 2. The Morgan fingerprint density at radius 1 is 1.03 bits per heavy atom. The van der Waals surface area contributed by atoms with Crippen LogP contribution in [0.4, 0.5) is 0 Å². The van der Waals surface area contributed by atoms with E-state index in [0.717, 1.165) is 29.6 Å². The summed E-state index contributed by atoms with van der Waals surface area (Å²) in [5.74, 6) is -0.816. The van der Waals surface area contributed by atoms with Gasteiger partial charge in [0.2, 0.25) is 9.84 Å². The van der Waals surface area contributed by atoms with Gasteiger partial charge in [0.05, 0.1) is 24.0 Å². The predicted molar refractivity (Wildman–Crippen MR) is 128 cm³/mol. The molecule has 0 spiro atoms. The van der Waals surface area contributed by atoms with Gasteiger partial charge in [-0.2, -0.15) is 0 Å². The fourth-order valence-electron chi connectivity index (χ4n) is 6.63. The Labute approximate surface area is 202 Å². The van der Waals surface area contributed by atoms with E-state index in [9.17, 15) is 18.0 Å². The van der Waals surface area contributed by atoms with Crippen LogP contribution in [0.5, 0.6) is 0 Å². The maximum Gasteiger partial charge on any atom is 0.323 e. The standard InChI is InChI=1S/C27H34O6S/c1-7-11-18-16(2)19-14-27(24(28)32-5,25(29)33-6)15-20(21(19)23-22(18)26(23,3)4)34(30,31)17-12-9-8-10-13-17/h8-10,12-13,18,22-23H,7,11,14-15H2,1-6H3/t18-,22-,23+/m1/s1. The summed E-state index contributed by atoms with van der Waals surface area (Å²) in [5, 5.41) is 0. The zero-order valence-electron chi connectivity index (χ0n) is 20.8. The molecule has 0 heterocycles. The first-order chi connectivity index (χ1) is 16.0. The average Bonchev–Trinajstić information content (AvgIpc) is 3.41. The summed E-state index contributed by atoms with van der Waals surface area (Å²) in [4.78, 5) is 26.6. The van der Waals surface area contributed by atoms with Crippen molar-refractivity contribution < 1.29 is 27.5 Å². The summed E-state index contributed by atoms with van der Waals surface area (Å²) in [6.07, 6.45) is 1.83. The van der Waals surface area contributed by atoms with Gasteiger partial charge < -0.3 is 9.47 Å². The number of hydrogen-bond donors (Lipinski definition) is 0. The van der Waals surface area contributed by atoms with Gasteiger partial charge in [0, 0.05) is 6.42 Å². The van der Waals surface area contributed by atoms with Crippen LogP contribution in [-0.4, -0.2) is 34.6 Å². The van der Waals surface area contributed by atoms with Gasteiger partial charge >= 0.3 is 11.9 Å². The summed E-state index contributed by atoms with van der Waals surface area (Å²) < 4.78 is 38.3. The van der Waals surface area contributed by atoms with Crippen molar-refractivity contribution in [2.45, 2.75) is 58.3 Å². The Morgan fingerprint density at radius 3 is 2.15 bits per heavy atom. The van der Waals surface area contributed by atoms with Crippen LogP contribution in [-0.2, 0) is 28.9 Å². The summed E-state index contributed by atoms with van der Waals surface area (Å²) in [7, 11) is -1.52. The second-order valence-electron chi connectivity index (χ2n) is 10.5. The van der Waals surface area contributed by atoms with Crippen molar-refractivity contribution >= 4 is 21.8 Å². The molecule has 0 bridgehead atoms. The van der Waals surface area contributed by atoms with Crippen LogP contribution >= 0.6 is 0 Å². The second kappa shape index (κ2) is 8.36. The lowest BCUT2D eigenvalue weighted by molar-refractivity contribution is -0.169. The molecule has 0 saturated heterocycles. The van der Waals surface area contributed by atoms with Crippen molar-refractivity contribution in [2.24, 2.45) is 28.6 Å². The highest BCUT2D eigenvalue weighted by molar-refractivity contribution is 7.95. The third-order valence-corrected chi connectivity index (χ3v) is 10.3. The van der Waals surface area contributed by atoms with Gasteiger partial charge in [0.25, 0.3) is 0 Å². The SMILES string of the molecule is CCC[C@@H]1C(C)=C2CC(C(=O)OC)(C(=O)OC)CC(S(=O)(=O)c3ccccc3)=C2[C@H]2[C@@H]1C2(C)C. The lowest BCUT2D eigenvalue weighted by Crippen LogP contribution is -2.45. The van der Waals surface area contributed by atoms with E-state index in [2.05, 4.69) is 20.8 Å². The molecule has 1 aromatic rings. The highest BCUT2D eigenvalue weighted by Gasteiger charge is 2.68. The highest BCUT2D eigenvalue weighted by atomic mass is 32.2. The number of ether oxygens (including phenoxy) is 2. The number of carbonyl (C=O) groups is 2. The molecule has 184 valence electrons. The first kappa shape index (κ1) is 24.7. The van der Waals surface area contributed by atoms with E-state index in [1.54, 1.807) is 30.3 Å². The van der Waals surface area contributed by atoms with Crippen molar-refractivity contribution in [3.8, 4) is 0 Å². The van der Waals surface area contributed by atoms with Gasteiger partial charge in [-0.25, -0.2) is 8.42 Å². The molecule has 34 heavy (non-hydrogen) atoms. The van der Waals surface area contributed by atoms with E-state index in [1.807, 2.05) is 6.92 Å². The van der Waals surface area contributed by atoms with Crippen molar-refractivity contribution in [3.63, 3.8) is 0 Å².